The molecule has 1 N–H and O–H groups in total. The van der Waals surface area contributed by atoms with E-state index in [1.54, 1.807) is 0 Å². The van der Waals surface area contributed by atoms with E-state index in [2.05, 4.69) is 96.7 Å². The van der Waals surface area contributed by atoms with E-state index in [1.807, 2.05) is 0 Å². The van der Waals surface area contributed by atoms with Crippen molar-refractivity contribution in [2.45, 2.75) is 26.4 Å². The van der Waals surface area contributed by atoms with Crippen molar-refractivity contribution in [3.8, 4) is 5.69 Å². The van der Waals surface area contributed by atoms with Gasteiger partial charge in [-0.25, -0.2) is 0 Å². The molecule has 3 rings (SSSR count). The normalized spacial score (nSPS) is 12.3. The van der Waals surface area contributed by atoms with Crippen molar-refractivity contribution in [3.63, 3.8) is 0 Å². The maximum Gasteiger partial charge on any atom is 0.0455 e. The Morgan fingerprint density at radius 1 is 0.955 bits per heavy atom. The second-order valence-electron chi connectivity index (χ2n) is 5.72. The average Bonchev–Trinajstić information content (AvgIpc) is 3.02. The van der Waals surface area contributed by atoms with Crippen LogP contribution in [0.1, 0.15) is 29.8 Å². The van der Waals surface area contributed by atoms with Crippen LogP contribution in [0.15, 0.2) is 72.9 Å². The molecule has 0 amide bonds. The van der Waals surface area contributed by atoms with Gasteiger partial charge in [0.2, 0.25) is 0 Å². The molecule has 0 saturated heterocycles. The lowest BCUT2D eigenvalue weighted by molar-refractivity contribution is 0.563. The molecule has 1 heterocycles. The third-order valence-corrected chi connectivity index (χ3v) is 4.00. The minimum atomic E-state index is 0.335. The Morgan fingerprint density at radius 2 is 1.77 bits per heavy atom. The van der Waals surface area contributed by atoms with Crippen molar-refractivity contribution in [1.29, 1.82) is 0 Å². The molecule has 0 aliphatic carbocycles. The third kappa shape index (κ3) is 3.29. The van der Waals surface area contributed by atoms with Gasteiger partial charge in [-0.2, -0.15) is 0 Å². The number of nitrogens with one attached hydrogen (secondary N) is 1. The summed E-state index contributed by atoms with van der Waals surface area (Å²) >= 11 is 0. The van der Waals surface area contributed by atoms with Gasteiger partial charge in [0.1, 0.15) is 0 Å². The summed E-state index contributed by atoms with van der Waals surface area (Å²) in [7, 11) is 0. The standard InChI is InChI=1S/C20H22N2/c1-16-8-6-11-19(14-16)22-13-7-12-20(22)15-21-17(2)18-9-4-3-5-10-18/h3-14,17,21H,15H2,1-2H3. The monoisotopic (exact) mass is 290 g/mol. The van der Waals surface area contributed by atoms with E-state index in [0.29, 0.717) is 6.04 Å². The van der Waals surface area contributed by atoms with Crippen molar-refractivity contribution >= 4 is 0 Å². The molecule has 0 aliphatic rings. The first-order valence-electron chi connectivity index (χ1n) is 7.75. The highest BCUT2D eigenvalue weighted by Crippen LogP contribution is 2.16. The molecule has 1 aromatic heterocycles. The highest BCUT2D eigenvalue weighted by Gasteiger charge is 2.07. The number of aromatic nitrogens is 1. The first-order valence-corrected chi connectivity index (χ1v) is 7.75. The summed E-state index contributed by atoms with van der Waals surface area (Å²) in [4.78, 5) is 0. The number of rotatable bonds is 5. The lowest BCUT2D eigenvalue weighted by Gasteiger charge is -2.16. The Balaban J connectivity index is 1.73. The molecule has 2 heteroatoms. The van der Waals surface area contributed by atoms with Crippen LogP contribution in [0.25, 0.3) is 5.69 Å². The Bertz CT molecular complexity index is 728. The predicted octanol–water partition coefficient (Wildman–Crippen LogP) is 4.64. The van der Waals surface area contributed by atoms with Gasteiger partial charge >= 0.3 is 0 Å². The average molecular weight is 290 g/mol. The second-order valence-corrected chi connectivity index (χ2v) is 5.72. The van der Waals surface area contributed by atoms with Crippen LogP contribution in [0, 0.1) is 6.92 Å². The van der Waals surface area contributed by atoms with Crippen LogP contribution in [0.5, 0.6) is 0 Å². The van der Waals surface area contributed by atoms with Gasteiger partial charge in [-0.3, -0.25) is 0 Å². The SMILES string of the molecule is Cc1cccc(-n2cccc2CNC(C)c2ccccc2)c1. The van der Waals surface area contributed by atoms with Crippen molar-refractivity contribution in [1.82, 2.24) is 9.88 Å². The molecule has 2 nitrogen and oxygen atoms in total. The van der Waals surface area contributed by atoms with Crippen LogP contribution in [0.4, 0.5) is 0 Å². The summed E-state index contributed by atoms with van der Waals surface area (Å²) in [6, 6.07) is 23.8. The van der Waals surface area contributed by atoms with Gasteiger partial charge in [0.15, 0.2) is 0 Å². The molecular weight excluding hydrogens is 268 g/mol. The summed E-state index contributed by atoms with van der Waals surface area (Å²) < 4.78 is 2.25. The first kappa shape index (κ1) is 14.6. The van der Waals surface area contributed by atoms with Crippen LogP contribution in [0.2, 0.25) is 0 Å². The number of hydrogen-bond acceptors (Lipinski definition) is 1. The van der Waals surface area contributed by atoms with E-state index < -0.39 is 0 Å². The largest absolute Gasteiger partial charge is 0.320 e. The van der Waals surface area contributed by atoms with E-state index in [0.717, 1.165) is 6.54 Å². The van der Waals surface area contributed by atoms with Gasteiger partial charge in [0.25, 0.3) is 0 Å². The van der Waals surface area contributed by atoms with Gasteiger partial charge in [-0.1, -0.05) is 42.5 Å². The summed E-state index contributed by atoms with van der Waals surface area (Å²) in [5, 5.41) is 3.61. The molecule has 3 aromatic rings. The number of nitrogens with zero attached hydrogens (tertiary/aromatic N) is 1. The predicted molar refractivity (Wildman–Crippen MR) is 92.2 cm³/mol. The van der Waals surface area contributed by atoms with Crippen molar-refractivity contribution in [2.75, 3.05) is 0 Å². The molecule has 0 spiro atoms. The summed E-state index contributed by atoms with van der Waals surface area (Å²) in [6.07, 6.45) is 2.12. The Labute approximate surface area is 132 Å². The van der Waals surface area contributed by atoms with E-state index in [1.165, 1.54) is 22.5 Å². The minimum Gasteiger partial charge on any atom is -0.320 e. The van der Waals surface area contributed by atoms with E-state index >= 15 is 0 Å². The lowest BCUT2D eigenvalue weighted by atomic mass is 10.1. The number of hydrogen-bond donors (Lipinski definition) is 1. The van der Waals surface area contributed by atoms with E-state index in [-0.39, 0.29) is 0 Å². The minimum absolute atomic E-state index is 0.335. The van der Waals surface area contributed by atoms with Crippen molar-refractivity contribution in [3.05, 3.63) is 89.7 Å². The van der Waals surface area contributed by atoms with Gasteiger partial charge in [0.05, 0.1) is 0 Å². The van der Waals surface area contributed by atoms with Crippen LogP contribution in [0.3, 0.4) is 0 Å². The third-order valence-electron chi connectivity index (χ3n) is 4.00. The maximum absolute atomic E-state index is 3.61. The number of benzene rings is 2. The smallest absolute Gasteiger partial charge is 0.0455 e. The van der Waals surface area contributed by atoms with Crippen LogP contribution < -0.4 is 5.32 Å². The maximum atomic E-state index is 3.61. The van der Waals surface area contributed by atoms with Crippen LogP contribution in [-0.4, -0.2) is 4.57 Å². The zero-order valence-electron chi connectivity index (χ0n) is 13.2. The second kappa shape index (κ2) is 6.63. The Kier molecular flexibility index (Phi) is 4.40. The fraction of sp³-hybridized carbons (Fsp3) is 0.200. The zero-order chi connectivity index (χ0) is 15.4. The summed E-state index contributed by atoms with van der Waals surface area (Å²) in [6.45, 7) is 5.18. The molecule has 112 valence electrons. The van der Waals surface area contributed by atoms with Gasteiger partial charge in [-0.05, 0) is 49.2 Å². The quantitative estimate of drug-likeness (QED) is 0.724. The first-order chi connectivity index (χ1) is 10.7. The van der Waals surface area contributed by atoms with Crippen molar-refractivity contribution in [2.24, 2.45) is 0 Å². The van der Waals surface area contributed by atoms with Crippen LogP contribution >= 0.6 is 0 Å². The molecule has 0 bridgehead atoms. The molecule has 22 heavy (non-hydrogen) atoms. The van der Waals surface area contributed by atoms with Gasteiger partial charge in [-0.15, -0.1) is 0 Å². The molecule has 0 radical (unpaired) electrons. The highest BCUT2D eigenvalue weighted by molar-refractivity contribution is 5.38. The number of aryl methyl sites for hydroxylation is 1. The fourth-order valence-electron chi connectivity index (χ4n) is 2.71. The molecule has 0 aliphatic heterocycles. The van der Waals surface area contributed by atoms with E-state index in [9.17, 15) is 0 Å². The molecule has 1 atom stereocenters. The van der Waals surface area contributed by atoms with Crippen molar-refractivity contribution < 1.29 is 0 Å². The molecule has 2 aromatic carbocycles. The van der Waals surface area contributed by atoms with Gasteiger partial charge in [0, 0.05) is 30.2 Å². The zero-order valence-corrected chi connectivity index (χ0v) is 13.2. The molecule has 1 unspecified atom stereocenters. The summed E-state index contributed by atoms with van der Waals surface area (Å²) in [5.41, 5.74) is 5.08. The Hall–Kier alpha value is -2.32. The lowest BCUT2D eigenvalue weighted by Crippen LogP contribution is -2.19. The summed E-state index contributed by atoms with van der Waals surface area (Å²) in [5.74, 6) is 0. The Morgan fingerprint density at radius 3 is 2.55 bits per heavy atom. The fourth-order valence-corrected chi connectivity index (χ4v) is 2.71. The molecule has 0 saturated carbocycles. The topological polar surface area (TPSA) is 17.0 Å². The van der Waals surface area contributed by atoms with Crippen LogP contribution in [-0.2, 0) is 6.54 Å². The molecular formula is C20H22N2. The highest BCUT2D eigenvalue weighted by atomic mass is 15.0. The molecule has 0 fully saturated rings. The van der Waals surface area contributed by atoms with Gasteiger partial charge < -0.3 is 9.88 Å². The van der Waals surface area contributed by atoms with E-state index in [4.69, 9.17) is 0 Å².